The quantitative estimate of drug-likeness (QED) is 0.857. The van der Waals surface area contributed by atoms with Gasteiger partial charge in [-0.2, -0.15) is 8.42 Å². The maximum Gasteiger partial charge on any atom is 0.339 e. The smallest absolute Gasteiger partial charge is 0.339 e. The highest BCUT2D eigenvalue weighted by atomic mass is 35.5. The van der Waals surface area contributed by atoms with E-state index in [4.69, 9.17) is 32.5 Å². The minimum Gasteiger partial charge on any atom is -0.478 e. The van der Waals surface area contributed by atoms with Crippen LogP contribution in [0.25, 0.3) is 0 Å². The van der Waals surface area contributed by atoms with Gasteiger partial charge in [-0.15, -0.1) is 0 Å². The summed E-state index contributed by atoms with van der Waals surface area (Å²) >= 11 is 11.4. The predicted octanol–water partition coefficient (Wildman–Crippen LogP) is 3.46. The molecule has 0 aliphatic carbocycles. The second kappa shape index (κ2) is 5.93. The third-order valence-electron chi connectivity index (χ3n) is 2.48. The Bertz CT molecular complexity index is 785. The molecule has 110 valence electrons. The zero-order chi connectivity index (χ0) is 15.6. The molecule has 8 heteroatoms. The van der Waals surface area contributed by atoms with Crippen LogP contribution in [0.15, 0.2) is 47.4 Å². The molecule has 0 amide bonds. The van der Waals surface area contributed by atoms with Crippen molar-refractivity contribution >= 4 is 39.3 Å². The number of rotatable bonds is 4. The number of carboxylic acid groups (broad SMARTS) is 1. The van der Waals surface area contributed by atoms with Gasteiger partial charge in [-0.25, -0.2) is 4.79 Å². The van der Waals surface area contributed by atoms with E-state index in [1.165, 1.54) is 36.4 Å². The molecule has 0 unspecified atom stereocenters. The fourth-order valence-corrected chi connectivity index (χ4v) is 2.77. The summed E-state index contributed by atoms with van der Waals surface area (Å²) in [7, 11) is -4.16. The summed E-state index contributed by atoms with van der Waals surface area (Å²) in [5.41, 5.74) is -0.322. The van der Waals surface area contributed by atoms with E-state index in [0.717, 1.165) is 6.07 Å². The van der Waals surface area contributed by atoms with Gasteiger partial charge in [0.1, 0.15) is 10.6 Å². The fourth-order valence-electron chi connectivity index (χ4n) is 1.49. The zero-order valence-electron chi connectivity index (χ0n) is 10.3. The topological polar surface area (TPSA) is 80.7 Å². The Hall–Kier alpha value is -1.76. The summed E-state index contributed by atoms with van der Waals surface area (Å²) in [4.78, 5) is 10.7. The van der Waals surface area contributed by atoms with Crippen molar-refractivity contribution in [1.29, 1.82) is 0 Å². The van der Waals surface area contributed by atoms with Gasteiger partial charge < -0.3 is 9.29 Å². The third-order valence-corrected chi connectivity index (χ3v) is 4.30. The Morgan fingerprint density at radius 2 is 1.67 bits per heavy atom. The van der Waals surface area contributed by atoms with Crippen molar-refractivity contribution in [3.05, 3.63) is 58.1 Å². The Balaban J connectivity index is 2.38. The van der Waals surface area contributed by atoms with Crippen molar-refractivity contribution in [1.82, 2.24) is 0 Å². The molecule has 0 saturated heterocycles. The maximum absolute atomic E-state index is 12.1. The average Bonchev–Trinajstić information content (AvgIpc) is 2.41. The van der Waals surface area contributed by atoms with Crippen LogP contribution in [0.2, 0.25) is 10.0 Å². The van der Waals surface area contributed by atoms with E-state index in [1.807, 2.05) is 0 Å². The molecule has 2 aromatic rings. The Kier molecular flexibility index (Phi) is 4.41. The van der Waals surface area contributed by atoms with Crippen molar-refractivity contribution in [3.63, 3.8) is 0 Å². The van der Waals surface area contributed by atoms with Crippen LogP contribution in [0, 0.1) is 0 Å². The summed E-state index contributed by atoms with van der Waals surface area (Å²) in [6.45, 7) is 0. The lowest BCUT2D eigenvalue weighted by molar-refractivity contribution is 0.0697. The summed E-state index contributed by atoms with van der Waals surface area (Å²) in [5.74, 6) is -1.27. The Morgan fingerprint density at radius 1 is 1.05 bits per heavy atom. The van der Waals surface area contributed by atoms with Crippen LogP contribution in [0.4, 0.5) is 0 Å². The van der Waals surface area contributed by atoms with Crippen molar-refractivity contribution in [2.24, 2.45) is 0 Å². The van der Waals surface area contributed by atoms with Gasteiger partial charge in [0.15, 0.2) is 0 Å². The Labute approximate surface area is 130 Å². The van der Waals surface area contributed by atoms with Gasteiger partial charge in [-0.3, -0.25) is 0 Å². The zero-order valence-corrected chi connectivity index (χ0v) is 12.6. The maximum atomic E-state index is 12.1. The molecule has 0 radical (unpaired) electrons. The molecule has 5 nitrogen and oxygen atoms in total. The van der Waals surface area contributed by atoms with E-state index in [2.05, 4.69) is 0 Å². The summed E-state index contributed by atoms with van der Waals surface area (Å²) in [6.07, 6.45) is 0. The first-order chi connectivity index (χ1) is 9.79. The third kappa shape index (κ3) is 3.66. The molecule has 21 heavy (non-hydrogen) atoms. The van der Waals surface area contributed by atoms with Crippen LogP contribution < -0.4 is 4.18 Å². The lowest BCUT2D eigenvalue weighted by Gasteiger charge is -2.08. The van der Waals surface area contributed by atoms with Gasteiger partial charge >= 0.3 is 16.1 Å². The first-order valence-corrected chi connectivity index (χ1v) is 7.69. The minimum atomic E-state index is -4.16. The predicted molar refractivity (Wildman–Crippen MR) is 77.7 cm³/mol. The molecule has 0 heterocycles. The number of aromatic carboxylic acids is 1. The number of hydrogen-bond donors (Lipinski definition) is 1. The Morgan fingerprint density at radius 3 is 2.24 bits per heavy atom. The number of halogens is 2. The SMILES string of the molecule is O=C(O)c1cc(S(=O)(=O)Oc2ccc(Cl)cc2)ccc1Cl. The van der Waals surface area contributed by atoms with Crippen LogP contribution in [-0.4, -0.2) is 19.5 Å². The van der Waals surface area contributed by atoms with Crippen molar-refractivity contribution in [2.45, 2.75) is 4.90 Å². The van der Waals surface area contributed by atoms with E-state index in [0.29, 0.717) is 5.02 Å². The molecule has 0 spiro atoms. The first-order valence-electron chi connectivity index (χ1n) is 5.52. The lowest BCUT2D eigenvalue weighted by atomic mass is 10.2. The number of hydrogen-bond acceptors (Lipinski definition) is 4. The van der Waals surface area contributed by atoms with E-state index in [1.54, 1.807) is 0 Å². The molecule has 0 aliphatic heterocycles. The first kappa shape index (κ1) is 15.6. The second-order valence-electron chi connectivity index (χ2n) is 3.94. The van der Waals surface area contributed by atoms with E-state index in [9.17, 15) is 13.2 Å². The van der Waals surface area contributed by atoms with Gasteiger partial charge in [0.25, 0.3) is 0 Å². The number of benzene rings is 2. The molecule has 1 N–H and O–H groups in total. The largest absolute Gasteiger partial charge is 0.478 e. The van der Waals surface area contributed by atoms with Crippen LogP contribution in [0.1, 0.15) is 10.4 Å². The molecule has 2 aromatic carbocycles. The van der Waals surface area contributed by atoms with Crippen molar-refractivity contribution in [2.75, 3.05) is 0 Å². The van der Waals surface area contributed by atoms with Crippen LogP contribution in [-0.2, 0) is 10.1 Å². The average molecular weight is 347 g/mol. The number of carboxylic acids is 1. The summed E-state index contributed by atoms with van der Waals surface area (Å²) in [5, 5.41) is 9.31. The lowest BCUT2D eigenvalue weighted by Crippen LogP contribution is -2.11. The van der Waals surface area contributed by atoms with Crippen LogP contribution >= 0.6 is 23.2 Å². The molecule has 0 aliphatic rings. The van der Waals surface area contributed by atoms with Gasteiger partial charge in [-0.1, -0.05) is 23.2 Å². The van der Waals surface area contributed by atoms with Gasteiger partial charge in [0.05, 0.1) is 10.6 Å². The minimum absolute atomic E-state index is 0.0613. The normalized spacial score (nSPS) is 11.1. The van der Waals surface area contributed by atoms with E-state index < -0.39 is 16.1 Å². The van der Waals surface area contributed by atoms with Crippen LogP contribution in [0.3, 0.4) is 0 Å². The summed E-state index contributed by atoms with van der Waals surface area (Å²) < 4.78 is 29.1. The second-order valence-corrected chi connectivity index (χ2v) is 6.33. The van der Waals surface area contributed by atoms with Gasteiger partial charge in [-0.05, 0) is 42.5 Å². The molecule has 0 aromatic heterocycles. The summed E-state index contributed by atoms with van der Waals surface area (Å²) in [6, 6.07) is 8.99. The molecule has 0 bridgehead atoms. The highest BCUT2D eigenvalue weighted by Crippen LogP contribution is 2.24. The monoisotopic (exact) mass is 346 g/mol. The van der Waals surface area contributed by atoms with Gasteiger partial charge in [0, 0.05) is 5.02 Å². The van der Waals surface area contributed by atoms with Crippen molar-refractivity contribution < 1.29 is 22.5 Å². The molecular weight excluding hydrogens is 339 g/mol. The highest BCUT2D eigenvalue weighted by molar-refractivity contribution is 7.87. The molecule has 2 rings (SSSR count). The molecule has 0 saturated carbocycles. The van der Waals surface area contributed by atoms with Crippen molar-refractivity contribution in [3.8, 4) is 5.75 Å². The highest BCUT2D eigenvalue weighted by Gasteiger charge is 2.20. The van der Waals surface area contributed by atoms with Gasteiger partial charge in [0.2, 0.25) is 0 Å². The standard InChI is InChI=1S/C13H8Cl2O5S/c14-8-1-3-9(4-2-8)20-21(18,19)10-5-6-12(15)11(7-10)13(16)17/h1-7H,(H,16,17). The fraction of sp³-hybridized carbons (Fsp3) is 0. The van der Waals surface area contributed by atoms with E-state index >= 15 is 0 Å². The molecular formula is C13H8Cl2O5S. The van der Waals surface area contributed by atoms with Crippen LogP contribution in [0.5, 0.6) is 5.75 Å². The molecule has 0 fully saturated rings. The number of carbonyl (C=O) groups is 1. The van der Waals surface area contributed by atoms with E-state index in [-0.39, 0.29) is 21.2 Å². The molecule has 0 atom stereocenters.